The average Bonchev–Trinajstić information content (AvgIpc) is 3.27. The van der Waals surface area contributed by atoms with E-state index >= 15 is 0 Å². The molecule has 1 aliphatic heterocycles. The highest BCUT2D eigenvalue weighted by atomic mass is 19.4. The number of rotatable bonds is 4. The maximum absolute atomic E-state index is 13.4. The highest BCUT2D eigenvalue weighted by molar-refractivity contribution is 6.04. The summed E-state index contributed by atoms with van der Waals surface area (Å²) in [7, 11) is 0. The first kappa shape index (κ1) is 21.5. The molecule has 0 aliphatic carbocycles. The van der Waals surface area contributed by atoms with Gasteiger partial charge in [0.25, 0.3) is 5.56 Å². The van der Waals surface area contributed by atoms with Crippen molar-refractivity contribution in [3.8, 4) is 16.9 Å². The third-order valence-electron chi connectivity index (χ3n) is 6.04. The summed E-state index contributed by atoms with van der Waals surface area (Å²) in [5, 5.41) is 10.6. The number of hydrogen-bond acceptors (Lipinski definition) is 4. The number of ether oxygens (including phenoxy) is 1. The van der Waals surface area contributed by atoms with Gasteiger partial charge in [-0.3, -0.25) is 14.5 Å². The van der Waals surface area contributed by atoms with Crippen LogP contribution >= 0.6 is 0 Å². The molecular weight excluding hydrogens is 433 g/mol. The maximum Gasteiger partial charge on any atom is 0.406 e. The molecule has 9 heteroatoms. The summed E-state index contributed by atoms with van der Waals surface area (Å²) in [6, 6.07) is 11.0. The molecule has 5 rings (SSSR count). The number of pyridine rings is 1. The first-order valence-electron chi connectivity index (χ1n) is 10.8. The Morgan fingerprint density at radius 2 is 1.91 bits per heavy atom. The average molecular weight is 456 g/mol. The predicted molar refractivity (Wildman–Crippen MR) is 121 cm³/mol. The van der Waals surface area contributed by atoms with Gasteiger partial charge >= 0.3 is 6.18 Å². The Balaban J connectivity index is 1.68. The van der Waals surface area contributed by atoms with Crippen molar-refractivity contribution in [3.05, 3.63) is 58.5 Å². The topological polar surface area (TPSA) is 71.9 Å². The highest BCUT2D eigenvalue weighted by Gasteiger charge is 2.30. The largest absolute Gasteiger partial charge is 0.490 e. The molecule has 2 aromatic carbocycles. The van der Waals surface area contributed by atoms with Gasteiger partial charge in [-0.1, -0.05) is 24.3 Å². The minimum Gasteiger partial charge on any atom is -0.490 e. The Bertz CT molecular complexity index is 1380. The number of nitrogens with zero attached hydrogens (tertiary/aromatic N) is 2. The Hall–Kier alpha value is -3.33. The zero-order valence-corrected chi connectivity index (χ0v) is 18.0. The predicted octanol–water partition coefficient (Wildman–Crippen LogP) is 4.55. The quantitative estimate of drug-likeness (QED) is 0.473. The zero-order valence-electron chi connectivity index (χ0n) is 18.0. The summed E-state index contributed by atoms with van der Waals surface area (Å²) in [6.45, 7) is 2.35. The molecule has 0 amide bonds. The molecule has 1 aliphatic rings. The third kappa shape index (κ3) is 4.20. The lowest BCUT2D eigenvalue weighted by Crippen LogP contribution is -2.34. The summed E-state index contributed by atoms with van der Waals surface area (Å²) in [4.78, 5) is 12.9. The molecule has 0 saturated carbocycles. The molecule has 2 N–H and O–H groups in total. The van der Waals surface area contributed by atoms with E-state index in [9.17, 15) is 18.0 Å². The molecule has 0 radical (unpaired) electrons. The minimum atomic E-state index is -4.54. The Labute approximate surface area is 187 Å². The van der Waals surface area contributed by atoms with E-state index in [4.69, 9.17) is 4.74 Å². The normalized spacial score (nSPS) is 15.4. The van der Waals surface area contributed by atoms with Crippen LogP contribution in [0.15, 0.2) is 47.4 Å². The fraction of sp³-hybridized carbons (Fsp3) is 0.333. The van der Waals surface area contributed by atoms with Crippen LogP contribution in [0, 0.1) is 6.92 Å². The molecule has 4 aromatic rings. The number of alkyl halides is 3. The van der Waals surface area contributed by atoms with Crippen LogP contribution in [-0.4, -0.2) is 40.1 Å². The van der Waals surface area contributed by atoms with E-state index in [2.05, 4.69) is 15.5 Å². The minimum absolute atomic E-state index is 0.0697. The summed E-state index contributed by atoms with van der Waals surface area (Å²) >= 11 is 0. The lowest BCUT2D eigenvalue weighted by molar-refractivity contribution is -0.140. The van der Waals surface area contributed by atoms with Gasteiger partial charge < -0.3 is 10.1 Å². The van der Waals surface area contributed by atoms with Crippen LogP contribution in [0.25, 0.3) is 32.9 Å². The van der Waals surface area contributed by atoms with Crippen molar-refractivity contribution in [2.75, 3.05) is 13.1 Å². The van der Waals surface area contributed by atoms with Crippen molar-refractivity contribution in [1.29, 1.82) is 0 Å². The van der Waals surface area contributed by atoms with Crippen molar-refractivity contribution < 1.29 is 17.9 Å². The van der Waals surface area contributed by atoms with E-state index in [0.29, 0.717) is 22.2 Å². The van der Waals surface area contributed by atoms with Crippen LogP contribution in [0.1, 0.15) is 18.4 Å². The lowest BCUT2D eigenvalue weighted by atomic mass is 10.00. The number of piperidine rings is 1. The van der Waals surface area contributed by atoms with Crippen LogP contribution in [-0.2, 0) is 6.54 Å². The van der Waals surface area contributed by atoms with Crippen molar-refractivity contribution in [2.24, 2.45) is 0 Å². The van der Waals surface area contributed by atoms with Crippen LogP contribution in [0.3, 0.4) is 0 Å². The van der Waals surface area contributed by atoms with Crippen molar-refractivity contribution in [2.45, 2.75) is 38.6 Å². The fourth-order valence-corrected chi connectivity index (χ4v) is 4.44. The van der Waals surface area contributed by atoms with Crippen LogP contribution < -0.4 is 15.6 Å². The maximum atomic E-state index is 13.4. The fourth-order valence-electron chi connectivity index (χ4n) is 4.44. The van der Waals surface area contributed by atoms with Gasteiger partial charge in [-0.05, 0) is 56.1 Å². The van der Waals surface area contributed by atoms with Gasteiger partial charge in [-0.25, -0.2) is 0 Å². The molecule has 0 bridgehead atoms. The van der Waals surface area contributed by atoms with E-state index < -0.39 is 18.3 Å². The lowest BCUT2D eigenvalue weighted by Gasteiger charge is -2.25. The van der Waals surface area contributed by atoms with E-state index in [1.165, 1.54) is 6.20 Å². The molecule has 0 unspecified atom stereocenters. The van der Waals surface area contributed by atoms with Crippen molar-refractivity contribution in [1.82, 2.24) is 20.1 Å². The first-order chi connectivity index (χ1) is 15.8. The van der Waals surface area contributed by atoms with Crippen molar-refractivity contribution in [3.63, 3.8) is 0 Å². The number of aromatic amines is 1. The highest BCUT2D eigenvalue weighted by Crippen LogP contribution is 2.35. The van der Waals surface area contributed by atoms with Gasteiger partial charge in [0.15, 0.2) is 0 Å². The number of fused-ring (bicyclic) bond motifs is 3. The summed E-state index contributed by atoms with van der Waals surface area (Å²) in [5.41, 5.74) is 2.37. The van der Waals surface area contributed by atoms with E-state index in [-0.39, 0.29) is 17.0 Å². The van der Waals surface area contributed by atoms with Gasteiger partial charge in [-0.15, -0.1) is 0 Å². The smallest absolute Gasteiger partial charge is 0.406 e. The zero-order chi connectivity index (χ0) is 23.2. The van der Waals surface area contributed by atoms with Gasteiger partial charge in [-0.2, -0.15) is 18.3 Å². The van der Waals surface area contributed by atoms with Crippen LogP contribution in [0.2, 0.25) is 0 Å². The number of nitrogens with one attached hydrogen (secondary N) is 2. The Morgan fingerprint density at radius 1 is 1.12 bits per heavy atom. The molecule has 1 fully saturated rings. The summed E-state index contributed by atoms with van der Waals surface area (Å²) < 4.78 is 47.2. The second kappa shape index (κ2) is 8.22. The van der Waals surface area contributed by atoms with Crippen LogP contribution in [0.5, 0.6) is 5.75 Å². The standard InChI is InChI=1S/C24H23F3N4O2/c1-14-2-4-17(21(10-14)33-16-6-8-28-9-7-16)15-3-5-18-20(11-15)31(13-24(25,26)27)23(32)19-12-29-30-22(18)19/h2-5,10-12,16,28H,6-9,13H2,1H3,(H,29,30). The van der Waals surface area contributed by atoms with Gasteiger partial charge in [0.05, 0.1) is 22.6 Å². The number of aromatic nitrogens is 3. The molecule has 3 heterocycles. The Kier molecular flexibility index (Phi) is 5.36. The number of benzene rings is 2. The molecule has 2 aromatic heterocycles. The molecule has 1 saturated heterocycles. The first-order valence-corrected chi connectivity index (χ1v) is 10.8. The van der Waals surface area contributed by atoms with Crippen molar-refractivity contribution >= 4 is 21.8 Å². The number of hydrogen-bond donors (Lipinski definition) is 2. The van der Waals surface area contributed by atoms with Gasteiger partial charge in [0.1, 0.15) is 18.4 Å². The molecule has 0 atom stereocenters. The number of H-pyrrole nitrogens is 1. The summed E-state index contributed by atoms with van der Waals surface area (Å²) in [6.07, 6.45) is -1.44. The second-order valence-electron chi connectivity index (χ2n) is 8.46. The van der Waals surface area contributed by atoms with Gasteiger partial charge in [0, 0.05) is 10.9 Å². The molecule has 172 valence electrons. The molecule has 0 spiro atoms. The summed E-state index contributed by atoms with van der Waals surface area (Å²) in [5.74, 6) is 0.689. The van der Waals surface area contributed by atoms with E-state index in [1.807, 2.05) is 31.2 Å². The monoisotopic (exact) mass is 456 g/mol. The number of halogens is 3. The molecular formula is C24H23F3N4O2. The molecule has 6 nitrogen and oxygen atoms in total. The Morgan fingerprint density at radius 3 is 2.67 bits per heavy atom. The third-order valence-corrected chi connectivity index (χ3v) is 6.04. The van der Waals surface area contributed by atoms with Crippen LogP contribution in [0.4, 0.5) is 13.2 Å². The van der Waals surface area contributed by atoms with E-state index in [1.54, 1.807) is 12.1 Å². The number of aryl methyl sites for hydroxylation is 1. The molecule has 33 heavy (non-hydrogen) atoms. The SMILES string of the molecule is Cc1ccc(-c2ccc3c4[nH]ncc4c(=O)n(CC(F)(F)F)c3c2)c(OC2CCNCC2)c1. The van der Waals surface area contributed by atoms with Gasteiger partial charge in [0.2, 0.25) is 0 Å². The van der Waals surface area contributed by atoms with E-state index in [0.717, 1.165) is 41.6 Å². The second-order valence-corrected chi connectivity index (χ2v) is 8.46.